The van der Waals surface area contributed by atoms with Crippen LogP contribution < -0.4 is 5.32 Å². The average Bonchev–Trinajstić information content (AvgIpc) is 2.18. The average molecular weight is 211 g/mol. The first-order valence-corrected chi connectivity index (χ1v) is 4.44. The molecule has 0 aromatic heterocycles. The van der Waals surface area contributed by atoms with Crippen LogP contribution in [0.25, 0.3) is 6.08 Å². The first-order chi connectivity index (χ1) is 7.19. The smallest absolute Gasteiger partial charge is 0.155 e. The van der Waals surface area contributed by atoms with E-state index in [0.717, 1.165) is 12.1 Å². The maximum Gasteiger partial charge on any atom is 0.155 e. The second-order valence-corrected chi connectivity index (χ2v) is 2.98. The summed E-state index contributed by atoms with van der Waals surface area (Å²) in [5.41, 5.74) is -0.133. The molecule has 0 saturated carbocycles. The summed E-state index contributed by atoms with van der Waals surface area (Å²) in [6, 6.07) is 2.25. The summed E-state index contributed by atoms with van der Waals surface area (Å²) in [4.78, 5) is 10.3. The summed E-state index contributed by atoms with van der Waals surface area (Å²) < 4.78 is 26.2. The Bertz CT molecular complexity index is 365. The van der Waals surface area contributed by atoms with Gasteiger partial charge in [-0.05, 0) is 24.7 Å². The molecule has 0 amide bonds. The van der Waals surface area contributed by atoms with E-state index < -0.39 is 17.2 Å². The maximum atomic E-state index is 13.1. The van der Waals surface area contributed by atoms with Crippen LogP contribution in [0.3, 0.4) is 0 Å². The fourth-order valence-corrected chi connectivity index (χ4v) is 1.13. The zero-order valence-corrected chi connectivity index (χ0v) is 8.26. The Morgan fingerprint density at radius 1 is 1.33 bits per heavy atom. The number of carbonyl (C=O) groups is 1. The van der Waals surface area contributed by atoms with Crippen LogP contribution in [0.2, 0.25) is 0 Å². The lowest BCUT2D eigenvalue weighted by atomic mass is 10.1. The molecule has 0 saturated heterocycles. The van der Waals surface area contributed by atoms with Gasteiger partial charge in [-0.2, -0.15) is 0 Å². The lowest BCUT2D eigenvalue weighted by Gasteiger charge is -1.99. The first-order valence-electron chi connectivity index (χ1n) is 4.44. The van der Waals surface area contributed by atoms with Crippen molar-refractivity contribution in [3.63, 3.8) is 0 Å². The fraction of sp³-hybridized carbons (Fsp3) is 0.182. The minimum Gasteiger partial charge on any atom is -0.316 e. The van der Waals surface area contributed by atoms with Crippen molar-refractivity contribution in [2.45, 2.75) is 0 Å². The quantitative estimate of drug-likeness (QED) is 0.772. The van der Waals surface area contributed by atoms with Crippen molar-refractivity contribution in [1.29, 1.82) is 0 Å². The van der Waals surface area contributed by atoms with Crippen LogP contribution in [0.15, 0.2) is 18.2 Å². The highest BCUT2D eigenvalue weighted by Gasteiger charge is 2.08. The third kappa shape index (κ3) is 2.95. The third-order valence-electron chi connectivity index (χ3n) is 1.85. The van der Waals surface area contributed by atoms with Gasteiger partial charge in [0.2, 0.25) is 0 Å². The Balaban J connectivity index is 2.98. The molecule has 0 bridgehead atoms. The Kier molecular flexibility index (Phi) is 4.12. The molecule has 1 aromatic carbocycles. The molecule has 1 N–H and O–H groups in total. The van der Waals surface area contributed by atoms with E-state index in [4.69, 9.17) is 0 Å². The highest BCUT2D eigenvalue weighted by molar-refractivity contribution is 5.76. The monoisotopic (exact) mass is 211 g/mol. The fourth-order valence-electron chi connectivity index (χ4n) is 1.13. The molecule has 0 heterocycles. The highest BCUT2D eigenvalue weighted by Crippen LogP contribution is 2.14. The number of likely N-dealkylation sites (N-methyl/N-ethyl adjacent to an activating group) is 1. The van der Waals surface area contributed by atoms with E-state index in [1.165, 1.54) is 0 Å². The number of aldehydes is 1. The molecule has 1 rings (SSSR count). The lowest BCUT2D eigenvalue weighted by Crippen LogP contribution is -2.03. The number of hydrogen-bond donors (Lipinski definition) is 1. The van der Waals surface area contributed by atoms with E-state index in [1.807, 2.05) is 0 Å². The van der Waals surface area contributed by atoms with E-state index in [2.05, 4.69) is 5.32 Å². The molecule has 1 aromatic rings. The summed E-state index contributed by atoms with van der Waals surface area (Å²) in [6.07, 6.45) is 3.48. The topological polar surface area (TPSA) is 29.1 Å². The summed E-state index contributed by atoms with van der Waals surface area (Å²) in [6.45, 7) is 0.610. The van der Waals surface area contributed by atoms with Crippen molar-refractivity contribution in [1.82, 2.24) is 5.32 Å². The van der Waals surface area contributed by atoms with Crippen LogP contribution in [-0.4, -0.2) is 19.9 Å². The van der Waals surface area contributed by atoms with E-state index in [1.54, 1.807) is 19.2 Å². The van der Waals surface area contributed by atoms with Gasteiger partial charge in [0.1, 0.15) is 11.6 Å². The standard InChI is InChI=1S/C11H11F2NO/c1-14-4-2-3-8-5-10(12)9(7-15)11(13)6-8/h2-3,5-7,14H,4H2,1H3. The summed E-state index contributed by atoms with van der Waals surface area (Å²) in [5.74, 6) is -1.68. The van der Waals surface area contributed by atoms with Crippen LogP contribution in [-0.2, 0) is 0 Å². The van der Waals surface area contributed by atoms with Gasteiger partial charge in [-0.25, -0.2) is 8.78 Å². The molecule has 15 heavy (non-hydrogen) atoms. The van der Waals surface area contributed by atoms with Gasteiger partial charge >= 0.3 is 0 Å². The number of nitrogens with one attached hydrogen (secondary N) is 1. The van der Waals surface area contributed by atoms with E-state index >= 15 is 0 Å². The van der Waals surface area contributed by atoms with Gasteiger partial charge in [-0.15, -0.1) is 0 Å². The molecule has 0 aliphatic heterocycles. The molecule has 0 unspecified atom stereocenters. The largest absolute Gasteiger partial charge is 0.316 e. The number of rotatable bonds is 4. The van der Waals surface area contributed by atoms with Gasteiger partial charge in [0, 0.05) is 6.54 Å². The zero-order valence-electron chi connectivity index (χ0n) is 8.26. The van der Waals surface area contributed by atoms with Crippen molar-refractivity contribution in [3.8, 4) is 0 Å². The summed E-state index contributed by atoms with van der Waals surface area (Å²) >= 11 is 0. The zero-order chi connectivity index (χ0) is 11.3. The number of benzene rings is 1. The molecule has 4 heteroatoms. The van der Waals surface area contributed by atoms with Crippen LogP contribution in [0, 0.1) is 11.6 Å². The predicted molar refractivity (Wildman–Crippen MR) is 54.7 cm³/mol. The van der Waals surface area contributed by atoms with Crippen LogP contribution in [0.4, 0.5) is 8.78 Å². The first kappa shape index (κ1) is 11.5. The molecule has 0 atom stereocenters. The molecule has 0 aliphatic carbocycles. The van der Waals surface area contributed by atoms with Gasteiger partial charge in [-0.1, -0.05) is 12.2 Å². The predicted octanol–water partition coefficient (Wildman–Crippen LogP) is 2.01. The van der Waals surface area contributed by atoms with Gasteiger partial charge in [0.05, 0.1) is 5.56 Å². The van der Waals surface area contributed by atoms with Gasteiger partial charge in [-0.3, -0.25) is 4.79 Å². The van der Waals surface area contributed by atoms with E-state index in [0.29, 0.717) is 12.1 Å². The summed E-state index contributed by atoms with van der Waals surface area (Å²) in [5, 5.41) is 2.86. The Hall–Kier alpha value is -1.55. The molecular formula is C11H11F2NO. The maximum absolute atomic E-state index is 13.1. The summed E-state index contributed by atoms with van der Waals surface area (Å²) in [7, 11) is 1.76. The molecule has 0 aliphatic rings. The second-order valence-electron chi connectivity index (χ2n) is 2.98. The molecule has 0 radical (unpaired) electrons. The SMILES string of the molecule is CNCC=Cc1cc(F)c(C=O)c(F)c1. The Labute approximate surface area is 86.6 Å². The Morgan fingerprint density at radius 3 is 2.40 bits per heavy atom. The second kappa shape index (κ2) is 5.36. The van der Waals surface area contributed by atoms with Gasteiger partial charge in [0.15, 0.2) is 6.29 Å². The molecular weight excluding hydrogens is 200 g/mol. The Morgan fingerprint density at radius 2 is 1.93 bits per heavy atom. The van der Waals surface area contributed by atoms with Crippen LogP contribution >= 0.6 is 0 Å². The van der Waals surface area contributed by atoms with Crippen LogP contribution in [0.1, 0.15) is 15.9 Å². The number of carbonyl (C=O) groups excluding carboxylic acids is 1. The van der Waals surface area contributed by atoms with Gasteiger partial charge < -0.3 is 5.32 Å². The minimum absolute atomic E-state index is 0.172. The third-order valence-corrected chi connectivity index (χ3v) is 1.85. The van der Waals surface area contributed by atoms with Crippen molar-refractivity contribution < 1.29 is 13.6 Å². The number of hydrogen-bond acceptors (Lipinski definition) is 2. The normalized spacial score (nSPS) is 10.9. The van der Waals surface area contributed by atoms with Crippen LogP contribution in [0.5, 0.6) is 0 Å². The van der Waals surface area contributed by atoms with E-state index in [-0.39, 0.29) is 6.29 Å². The van der Waals surface area contributed by atoms with Crippen molar-refractivity contribution >= 4 is 12.4 Å². The number of halogens is 2. The highest BCUT2D eigenvalue weighted by atomic mass is 19.1. The van der Waals surface area contributed by atoms with Crippen molar-refractivity contribution in [3.05, 3.63) is 41.0 Å². The lowest BCUT2D eigenvalue weighted by molar-refractivity contribution is 0.111. The van der Waals surface area contributed by atoms with Crippen molar-refractivity contribution in [2.75, 3.05) is 13.6 Å². The molecule has 80 valence electrons. The minimum atomic E-state index is -0.839. The molecule has 2 nitrogen and oxygen atoms in total. The molecule has 0 spiro atoms. The van der Waals surface area contributed by atoms with E-state index in [9.17, 15) is 13.6 Å². The van der Waals surface area contributed by atoms with Crippen molar-refractivity contribution in [2.24, 2.45) is 0 Å². The molecule has 0 fully saturated rings. The van der Waals surface area contributed by atoms with Gasteiger partial charge in [0.25, 0.3) is 0 Å².